The van der Waals surface area contributed by atoms with E-state index in [-0.39, 0.29) is 0 Å². The summed E-state index contributed by atoms with van der Waals surface area (Å²) >= 11 is 0. The van der Waals surface area contributed by atoms with Gasteiger partial charge in [0.1, 0.15) is 0 Å². The standard InChI is InChI=1S/C4H8O4.2C2H4O2/c5-3-4(6)8-2-1-7-3;2*1-2(3)4/h3-6H,1-2H2;2*1H3,(H,3,4)/t3-,4-;;/m1../s1. The third-order valence-electron chi connectivity index (χ3n) is 0.904. The van der Waals surface area contributed by atoms with Gasteiger partial charge < -0.3 is 29.9 Å². The zero-order valence-electron chi connectivity index (χ0n) is 8.99. The highest BCUT2D eigenvalue weighted by Gasteiger charge is 2.20. The van der Waals surface area contributed by atoms with Gasteiger partial charge >= 0.3 is 0 Å². The lowest BCUT2D eigenvalue weighted by molar-refractivity contribution is -0.291. The molecule has 4 N–H and O–H groups in total. The molecule has 0 aromatic carbocycles. The van der Waals surface area contributed by atoms with Crippen molar-refractivity contribution in [2.45, 2.75) is 26.4 Å². The van der Waals surface area contributed by atoms with Crippen molar-refractivity contribution in [3.63, 3.8) is 0 Å². The molecule has 2 atom stereocenters. The van der Waals surface area contributed by atoms with Gasteiger partial charge in [-0.15, -0.1) is 0 Å². The fourth-order valence-electron chi connectivity index (χ4n) is 0.502. The average Bonchev–Trinajstić information content (AvgIpc) is 2.08. The van der Waals surface area contributed by atoms with Crippen LogP contribution in [0.25, 0.3) is 0 Å². The van der Waals surface area contributed by atoms with E-state index in [0.29, 0.717) is 13.2 Å². The number of carboxylic acid groups (broad SMARTS) is 2. The van der Waals surface area contributed by atoms with Gasteiger partial charge in [0.2, 0.25) is 12.6 Å². The second kappa shape index (κ2) is 10.3. The van der Waals surface area contributed by atoms with Crippen LogP contribution in [0.2, 0.25) is 0 Å². The number of aliphatic hydroxyl groups is 2. The van der Waals surface area contributed by atoms with E-state index in [4.69, 9.17) is 30.0 Å². The molecule has 16 heavy (non-hydrogen) atoms. The van der Waals surface area contributed by atoms with Gasteiger partial charge in [0.05, 0.1) is 13.2 Å². The molecule has 1 fully saturated rings. The van der Waals surface area contributed by atoms with Gasteiger partial charge in [0.15, 0.2) is 0 Å². The first-order valence-corrected chi connectivity index (χ1v) is 4.25. The molecular formula is C8H16O8. The van der Waals surface area contributed by atoms with E-state index < -0.39 is 24.5 Å². The Kier molecular flexibility index (Phi) is 11.1. The zero-order chi connectivity index (χ0) is 13.1. The molecule has 0 spiro atoms. The number of carboxylic acids is 2. The Morgan fingerprint density at radius 3 is 1.25 bits per heavy atom. The number of aliphatic hydroxyl groups excluding tert-OH is 2. The number of ether oxygens (including phenoxy) is 2. The predicted octanol–water partition coefficient (Wildman–Crippen LogP) is -1.15. The topological polar surface area (TPSA) is 134 Å². The van der Waals surface area contributed by atoms with Crippen molar-refractivity contribution in [1.82, 2.24) is 0 Å². The van der Waals surface area contributed by atoms with Crippen molar-refractivity contribution in [3.05, 3.63) is 0 Å². The molecule has 0 radical (unpaired) electrons. The Balaban J connectivity index is 0. The number of rotatable bonds is 0. The van der Waals surface area contributed by atoms with Crippen molar-refractivity contribution in [2.24, 2.45) is 0 Å². The van der Waals surface area contributed by atoms with Gasteiger partial charge in [0, 0.05) is 13.8 Å². The third kappa shape index (κ3) is 18.5. The van der Waals surface area contributed by atoms with E-state index in [1.807, 2.05) is 0 Å². The van der Waals surface area contributed by atoms with Crippen LogP contribution in [0.5, 0.6) is 0 Å². The second-order valence-corrected chi connectivity index (χ2v) is 2.56. The third-order valence-corrected chi connectivity index (χ3v) is 0.904. The lowest BCUT2D eigenvalue weighted by atomic mass is 10.5. The molecule has 0 aromatic rings. The van der Waals surface area contributed by atoms with E-state index in [2.05, 4.69) is 9.47 Å². The minimum atomic E-state index is -1.16. The average molecular weight is 240 g/mol. The molecule has 1 saturated heterocycles. The number of hydrogen-bond acceptors (Lipinski definition) is 6. The summed E-state index contributed by atoms with van der Waals surface area (Å²) in [6, 6.07) is 0. The molecule has 0 amide bonds. The van der Waals surface area contributed by atoms with Crippen LogP contribution in [-0.4, -0.2) is 58.2 Å². The Hall–Kier alpha value is -1.22. The van der Waals surface area contributed by atoms with E-state index in [0.717, 1.165) is 13.8 Å². The summed E-state index contributed by atoms with van der Waals surface area (Å²) in [5.74, 6) is -1.67. The highest BCUT2D eigenvalue weighted by molar-refractivity contribution is 5.63. The first-order valence-electron chi connectivity index (χ1n) is 4.25. The number of carbonyl (C=O) groups is 2. The van der Waals surface area contributed by atoms with Crippen LogP contribution in [0.1, 0.15) is 13.8 Å². The van der Waals surface area contributed by atoms with Gasteiger partial charge in [-0.25, -0.2) is 0 Å². The van der Waals surface area contributed by atoms with Gasteiger partial charge in [0.25, 0.3) is 11.9 Å². The van der Waals surface area contributed by atoms with Gasteiger partial charge in [-0.1, -0.05) is 0 Å². The SMILES string of the molecule is CC(=O)O.CC(=O)O.O[C@@H]1OCCO[C@H]1O. The normalized spacial score (nSPS) is 23.0. The smallest absolute Gasteiger partial charge is 0.300 e. The molecule has 0 aliphatic carbocycles. The van der Waals surface area contributed by atoms with Crippen LogP contribution in [0.15, 0.2) is 0 Å². The molecule has 0 unspecified atom stereocenters. The highest BCUT2D eigenvalue weighted by Crippen LogP contribution is 2.02. The van der Waals surface area contributed by atoms with Crippen molar-refractivity contribution in [3.8, 4) is 0 Å². The van der Waals surface area contributed by atoms with Crippen LogP contribution >= 0.6 is 0 Å². The minimum absolute atomic E-state index is 0.345. The molecule has 0 bridgehead atoms. The van der Waals surface area contributed by atoms with Gasteiger partial charge in [-0.3, -0.25) is 9.59 Å². The van der Waals surface area contributed by atoms with Crippen LogP contribution in [0.4, 0.5) is 0 Å². The van der Waals surface area contributed by atoms with Crippen LogP contribution in [-0.2, 0) is 19.1 Å². The molecule has 96 valence electrons. The quantitative estimate of drug-likeness (QED) is 0.417. The Bertz CT molecular complexity index is 174. The summed E-state index contributed by atoms with van der Waals surface area (Å²) in [5.41, 5.74) is 0. The molecule has 1 heterocycles. The van der Waals surface area contributed by atoms with Crippen molar-refractivity contribution < 1.29 is 39.5 Å². The van der Waals surface area contributed by atoms with Crippen molar-refractivity contribution in [2.75, 3.05) is 13.2 Å². The van der Waals surface area contributed by atoms with E-state index in [9.17, 15) is 0 Å². The highest BCUT2D eigenvalue weighted by atomic mass is 16.7. The van der Waals surface area contributed by atoms with Crippen LogP contribution < -0.4 is 0 Å². The summed E-state index contributed by atoms with van der Waals surface area (Å²) in [4.78, 5) is 18.0. The van der Waals surface area contributed by atoms with E-state index in [1.165, 1.54) is 0 Å². The lowest BCUT2D eigenvalue weighted by Gasteiger charge is -2.23. The monoisotopic (exact) mass is 240 g/mol. The summed E-state index contributed by atoms with van der Waals surface area (Å²) in [7, 11) is 0. The van der Waals surface area contributed by atoms with Crippen LogP contribution in [0, 0.1) is 0 Å². The van der Waals surface area contributed by atoms with E-state index >= 15 is 0 Å². The maximum Gasteiger partial charge on any atom is 0.300 e. The molecule has 0 saturated carbocycles. The maximum absolute atomic E-state index is 9.00. The Morgan fingerprint density at radius 1 is 0.938 bits per heavy atom. The Labute approximate surface area is 92.0 Å². The Morgan fingerprint density at radius 2 is 1.12 bits per heavy atom. The number of hydrogen-bond donors (Lipinski definition) is 4. The van der Waals surface area contributed by atoms with Crippen molar-refractivity contribution in [1.29, 1.82) is 0 Å². The molecule has 0 aromatic heterocycles. The molecular weight excluding hydrogens is 224 g/mol. The largest absolute Gasteiger partial charge is 0.481 e. The molecule has 1 aliphatic heterocycles. The maximum atomic E-state index is 9.00. The molecule has 8 nitrogen and oxygen atoms in total. The molecule has 1 rings (SSSR count). The first-order chi connectivity index (χ1) is 7.27. The summed E-state index contributed by atoms with van der Waals surface area (Å²) in [5, 5.41) is 32.0. The summed E-state index contributed by atoms with van der Waals surface area (Å²) in [6.07, 6.45) is -2.33. The van der Waals surface area contributed by atoms with Crippen LogP contribution in [0.3, 0.4) is 0 Å². The molecule has 1 aliphatic rings. The number of aliphatic carboxylic acids is 2. The minimum Gasteiger partial charge on any atom is -0.481 e. The molecule has 8 heteroatoms. The van der Waals surface area contributed by atoms with Crippen molar-refractivity contribution >= 4 is 11.9 Å². The fourth-order valence-corrected chi connectivity index (χ4v) is 0.502. The van der Waals surface area contributed by atoms with E-state index in [1.54, 1.807) is 0 Å². The van der Waals surface area contributed by atoms with Gasteiger partial charge in [-0.05, 0) is 0 Å². The lowest BCUT2D eigenvalue weighted by Crippen LogP contribution is -2.37. The fraction of sp³-hybridized carbons (Fsp3) is 0.750. The summed E-state index contributed by atoms with van der Waals surface area (Å²) in [6.45, 7) is 2.86. The summed E-state index contributed by atoms with van der Waals surface area (Å²) < 4.78 is 9.14. The predicted molar refractivity (Wildman–Crippen MR) is 50.5 cm³/mol. The van der Waals surface area contributed by atoms with Gasteiger partial charge in [-0.2, -0.15) is 0 Å². The second-order valence-electron chi connectivity index (χ2n) is 2.56. The first kappa shape index (κ1) is 17.2. The zero-order valence-corrected chi connectivity index (χ0v) is 8.99.